The third kappa shape index (κ3) is 9.01. The zero-order valence-corrected chi connectivity index (χ0v) is 43.1. The Morgan fingerprint density at radius 2 is 1.79 bits per heavy atom. The van der Waals surface area contributed by atoms with Crippen LogP contribution in [-0.4, -0.2) is 84.7 Å². The van der Waals surface area contributed by atoms with E-state index in [2.05, 4.69) is 42.3 Å². The molecule has 2 atom stereocenters. The first kappa shape index (κ1) is 49.2. The molecule has 3 N–H and O–H groups in total. The van der Waals surface area contributed by atoms with Crippen molar-refractivity contribution in [3.05, 3.63) is 120 Å². The van der Waals surface area contributed by atoms with Crippen LogP contribution in [0.5, 0.6) is 11.5 Å². The SMILES string of the molecule is CCC(C=O)c1cc2n(c(=O)c1COC)Cc1c-2nc2cc(F)c(C)c3c2c1C(NC(=O)OCC(C)(C)SSC1CC2(C1)CN(Cc1ccc4c(c1)CN(C(=O)c1cc(C(C)C)c(O)cc1O)C4)C2)CC3. The first-order chi connectivity index (χ1) is 33.9. The Balaban J connectivity index is 0.729. The van der Waals surface area contributed by atoms with Crippen molar-refractivity contribution in [2.24, 2.45) is 5.41 Å². The van der Waals surface area contributed by atoms with Gasteiger partial charge in [0.15, 0.2) is 0 Å². The second-order valence-electron chi connectivity index (χ2n) is 21.4. The summed E-state index contributed by atoms with van der Waals surface area (Å²) in [6, 6.07) is 12.2. The van der Waals surface area contributed by atoms with Crippen LogP contribution in [0.1, 0.15) is 144 Å². The molecular weight excluding hydrogens is 942 g/mol. The molecule has 1 saturated heterocycles. The molecule has 10 rings (SSSR count). The van der Waals surface area contributed by atoms with Crippen molar-refractivity contribution >= 4 is 50.8 Å². The van der Waals surface area contributed by atoms with E-state index in [9.17, 15) is 29.4 Å². The number of halogens is 1. The van der Waals surface area contributed by atoms with E-state index in [1.54, 1.807) is 33.3 Å². The maximum Gasteiger partial charge on any atom is 0.407 e. The Kier molecular flexibility index (Phi) is 13.1. The molecule has 5 aromatic rings. The number of phenols is 2. The summed E-state index contributed by atoms with van der Waals surface area (Å²) in [5, 5.41) is 25.3. The smallest absolute Gasteiger partial charge is 0.407 e. The van der Waals surface area contributed by atoms with E-state index in [1.165, 1.54) is 24.8 Å². The maximum absolute atomic E-state index is 15.4. The van der Waals surface area contributed by atoms with Crippen molar-refractivity contribution < 1.29 is 38.5 Å². The van der Waals surface area contributed by atoms with Crippen LogP contribution in [0, 0.1) is 18.2 Å². The molecule has 1 saturated carbocycles. The van der Waals surface area contributed by atoms with E-state index in [-0.39, 0.29) is 64.8 Å². The maximum atomic E-state index is 15.4. The number of nitrogens with one attached hydrogen (secondary N) is 1. The van der Waals surface area contributed by atoms with E-state index in [1.807, 2.05) is 37.6 Å². The number of likely N-dealkylation sites (tertiary alicyclic amines) is 1. The Hall–Kier alpha value is -5.42. The molecule has 13 nitrogen and oxygen atoms in total. The minimum atomic E-state index is -0.537. The molecule has 0 bridgehead atoms. The van der Waals surface area contributed by atoms with Crippen molar-refractivity contribution in [2.45, 2.75) is 134 Å². The molecule has 2 amide bonds. The molecule has 3 aliphatic heterocycles. The molecule has 1 spiro atoms. The van der Waals surface area contributed by atoms with Crippen LogP contribution in [0.15, 0.2) is 47.3 Å². The number of fused-ring (bicyclic) bond motifs is 5. The van der Waals surface area contributed by atoms with Gasteiger partial charge in [0, 0.05) is 79.6 Å². The predicted molar refractivity (Wildman–Crippen MR) is 274 cm³/mol. The number of benzene rings is 3. The summed E-state index contributed by atoms with van der Waals surface area (Å²) in [7, 11) is 5.15. The first-order valence-corrected chi connectivity index (χ1v) is 26.9. The fraction of sp³-hybridized carbons (Fsp3) is 0.473. The van der Waals surface area contributed by atoms with Gasteiger partial charge in [-0.15, -0.1) is 0 Å². The number of amides is 2. The lowest BCUT2D eigenvalue weighted by atomic mass is 9.63. The van der Waals surface area contributed by atoms with Crippen LogP contribution in [0.3, 0.4) is 0 Å². The van der Waals surface area contributed by atoms with Gasteiger partial charge in [-0.2, -0.15) is 0 Å². The highest BCUT2D eigenvalue weighted by Crippen LogP contribution is 2.57. The van der Waals surface area contributed by atoms with Crippen LogP contribution in [0.4, 0.5) is 9.18 Å². The number of aryl methyl sites for hydroxylation is 1. The number of aromatic hydroxyl groups is 2. The van der Waals surface area contributed by atoms with Gasteiger partial charge in [-0.1, -0.05) is 60.6 Å². The van der Waals surface area contributed by atoms with Crippen LogP contribution in [0.25, 0.3) is 22.3 Å². The highest BCUT2D eigenvalue weighted by Gasteiger charge is 2.52. The summed E-state index contributed by atoms with van der Waals surface area (Å²) in [6.45, 7) is 16.1. The van der Waals surface area contributed by atoms with Crippen LogP contribution >= 0.6 is 21.6 Å². The summed E-state index contributed by atoms with van der Waals surface area (Å²) in [5.41, 5.74) is 10.0. The van der Waals surface area contributed by atoms with Gasteiger partial charge in [-0.25, -0.2) is 14.2 Å². The number of carbonyl (C=O) groups is 3. The first-order valence-electron chi connectivity index (χ1n) is 24.7. The van der Waals surface area contributed by atoms with Gasteiger partial charge in [0.05, 0.1) is 46.4 Å². The minimum absolute atomic E-state index is 0.00648. The lowest BCUT2D eigenvalue weighted by molar-refractivity contribution is -0.109. The highest BCUT2D eigenvalue weighted by molar-refractivity contribution is 8.77. The van der Waals surface area contributed by atoms with Crippen molar-refractivity contribution in [3.63, 3.8) is 0 Å². The zero-order chi connectivity index (χ0) is 50.3. The lowest BCUT2D eigenvalue weighted by Crippen LogP contribution is -2.62. The van der Waals surface area contributed by atoms with Crippen molar-refractivity contribution in [3.8, 4) is 22.9 Å². The van der Waals surface area contributed by atoms with Gasteiger partial charge in [-0.05, 0) is 121 Å². The topological polar surface area (TPSA) is 164 Å². The van der Waals surface area contributed by atoms with E-state index in [0.717, 1.165) is 72.0 Å². The molecule has 16 heteroatoms. The number of hydrogen-bond donors (Lipinski definition) is 3. The molecule has 2 fully saturated rings. The van der Waals surface area contributed by atoms with E-state index < -0.39 is 18.1 Å². The average molecular weight is 1000 g/mol. The summed E-state index contributed by atoms with van der Waals surface area (Å²) in [6.07, 6.45) is 4.16. The molecule has 374 valence electrons. The second kappa shape index (κ2) is 18.9. The number of alkyl carbamates (subject to hydrolysis) is 1. The normalized spacial score (nSPS) is 18.3. The molecule has 5 heterocycles. The number of hydrogen-bond acceptors (Lipinski definition) is 12. The van der Waals surface area contributed by atoms with Gasteiger partial charge in [0.25, 0.3) is 11.5 Å². The van der Waals surface area contributed by atoms with E-state index in [4.69, 9.17) is 14.5 Å². The zero-order valence-electron chi connectivity index (χ0n) is 41.4. The fourth-order valence-electron chi connectivity index (χ4n) is 11.8. The lowest BCUT2D eigenvalue weighted by Gasteiger charge is -2.59. The molecule has 0 radical (unpaired) electrons. The Morgan fingerprint density at radius 3 is 2.51 bits per heavy atom. The number of methoxy groups -OCH3 is 1. The Bertz CT molecular complexity index is 3070. The number of rotatable bonds is 15. The average Bonchev–Trinajstić information content (AvgIpc) is 3.91. The summed E-state index contributed by atoms with van der Waals surface area (Å²) < 4.78 is 28.1. The number of nitrogens with zero attached hydrogens (tertiary/aromatic N) is 4. The molecule has 5 aliphatic rings. The third-order valence-corrected chi connectivity index (χ3v) is 19.2. The number of ether oxygens (including phenoxy) is 2. The van der Waals surface area contributed by atoms with Crippen molar-refractivity contribution in [2.75, 3.05) is 26.8 Å². The molecule has 2 unspecified atom stereocenters. The van der Waals surface area contributed by atoms with Crippen molar-refractivity contribution in [1.82, 2.24) is 24.7 Å². The second-order valence-corrected chi connectivity index (χ2v) is 24.6. The molecule has 71 heavy (non-hydrogen) atoms. The van der Waals surface area contributed by atoms with E-state index in [0.29, 0.717) is 82.2 Å². The van der Waals surface area contributed by atoms with Crippen LogP contribution in [-0.2, 0) is 53.5 Å². The summed E-state index contributed by atoms with van der Waals surface area (Å²) in [5.74, 6) is -1.31. The van der Waals surface area contributed by atoms with Gasteiger partial charge >= 0.3 is 6.09 Å². The summed E-state index contributed by atoms with van der Waals surface area (Å²) in [4.78, 5) is 62.8. The van der Waals surface area contributed by atoms with Crippen LogP contribution < -0.4 is 10.9 Å². The number of phenolic OH excluding ortho intramolecular Hbond substituents is 2. The minimum Gasteiger partial charge on any atom is -0.508 e. The molecule has 2 aromatic heterocycles. The number of pyridine rings is 2. The largest absolute Gasteiger partial charge is 0.508 e. The number of aromatic nitrogens is 2. The number of carbonyl (C=O) groups excluding carboxylic acids is 3. The molecular formula is C55H62FN5O8S2. The molecule has 3 aromatic carbocycles. The summed E-state index contributed by atoms with van der Waals surface area (Å²) >= 11 is 0. The highest BCUT2D eigenvalue weighted by atomic mass is 33.1. The molecule has 2 aliphatic carbocycles. The van der Waals surface area contributed by atoms with Crippen molar-refractivity contribution in [1.29, 1.82) is 0 Å². The number of aldehydes is 1. The Labute approximate surface area is 421 Å². The van der Waals surface area contributed by atoms with E-state index >= 15 is 4.39 Å². The van der Waals surface area contributed by atoms with Gasteiger partial charge in [0.2, 0.25) is 0 Å². The van der Waals surface area contributed by atoms with Gasteiger partial charge < -0.3 is 39.3 Å². The third-order valence-electron chi connectivity index (χ3n) is 15.4. The monoisotopic (exact) mass is 1000 g/mol. The van der Waals surface area contributed by atoms with Gasteiger partial charge in [-0.3, -0.25) is 14.5 Å². The predicted octanol–water partition coefficient (Wildman–Crippen LogP) is 9.94. The quantitative estimate of drug-likeness (QED) is 0.0660. The Morgan fingerprint density at radius 1 is 1.03 bits per heavy atom. The van der Waals surface area contributed by atoms with Gasteiger partial charge in [0.1, 0.15) is 30.2 Å². The van der Waals surface area contributed by atoms with Crippen LogP contribution in [0.2, 0.25) is 0 Å². The standard InChI is InChI=1S/C55H62FN5O8S2/c1-8-32(24-62)38-15-45-50-40(23-61(45)52(66)41(38)25-68-7)49-43(12-11-36-30(4)42(56)16-44(57-50)48(36)49)58-53(67)69-28-54(5,6)71-70-35-18-55(19-35)26-59(27-55)20-31-9-10-33-21-60(22-34(33)13-31)51(65)39-14-37(29(2)3)46(63)17-47(39)64/h9-10,13-17,24,29,32,35,43,63-64H,8,11-12,18-23,25-28H2,1-7H3,(H,58,67). The fourth-order valence-corrected chi connectivity index (χ4v) is 14.8.